The van der Waals surface area contributed by atoms with Gasteiger partial charge in [0.1, 0.15) is 6.04 Å². The number of hydrogen-bond acceptors (Lipinski definition) is 5. The number of aryl methyl sites for hydroxylation is 3. The van der Waals surface area contributed by atoms with E-state index in [1.54, 1.807) is 0 Å². The molecule has 1 aliphatic carbocycles. The maximum Gasteiger partial charge on any atom is 0.326 e. The number of halogens is 2. The zero-order chi connectivity index (χ0) is 22.9. The fourth-order valence-electron chi connectivity index (χ4n) is 3.70. The third-order valence-electron chi connectivity index (χ3n) is 5.44. The molecule has 9 heteroatoms. The van der Waals surface area contributed by atoms with Crippen molar-refractivity contribution in [1.82, 2.24) is 15.3 Å². The van der Waals surface area contributed by atoms with Crippen LogP contribution in [0.1, 0.15) is 59.4 Å². The lowest BCUT2D eigenvalue weighted by molar-refractivity contribution is -0.139. The van der Waals surface area contributed by atoms with E-state index in [-0.39, 0.29) is 28.6 Å². The largest absolute Gasteiger partial charge is 0.480 e. The Labute approximate surface area is 197 Å². The first kappa shape index (κ1) is 24.4. The van der Waals surface area contributed by atoms with Crippen LogP contribution in [0.15, 0.2) is 24.5 Å². The average molecular weight is 480 g/mol. The molecule has 0 unspecified atom stereocenters. The standard InChI is InChI=1S/C23H27Cl2N3O4/c24-17-13-26-14-18(25)21(17)22(29)28-20(23(30)31)10-12-32-11-4-3-6-16-9-8-15-5-1-2-7-19(15)27-16/h8-9,13-14,20H,1-7,10-12H2,(H,28,29)(H,30,31)/t20-/m1/s1. The van der Waals surface area contributed by atoms with Crippen LogP contribution in [0.3, 0.4) is 0 Å². The highest BCUT2D eigenvalue weighted by Crippen LogP contribution is 2.23. The highest BCUT2D eigenvalue weighted by Gasteiger charge is 2.23. The van der Waals surface area contributed by atoms with Gasteiger partial charge in [0.2, 0.25) is 0 Å². The molecular weight excluding hydrogens is 453 g/mol. The zero-order valence-electron chi connectivity index (χ0n) is 17.8. The van der Waals surface area contributed by atoms with Crippen molar-refractivity contribution in [2.24, 2.45) is 0 Å². The van der Waals surface area contributed by atoms with Crippen molar-refractivity contribution in [3.8, 4) is 0 Å². The molecule has 1 atom stereocenters. The number of ether oxygens (including phenoxy) is 1. The molecule has 2 aromatic rings. The van der Waals surface area contributed by atoms with Gasteiger partial charge in [-0.05, 0) is 56.6 Å². The number of aromatic nitrogens is 2. The normalized spacial score (nSPS) is 13.9. The lowest BCUT2D eigenvalue weighted by atomic mass is 9.95. The third kappa shape index (κ3) is 6.89. The molecule has 0 radical (unpaired) electrons. The summed E-state index contributed by atoms with van der Waals surface area (Å²) in [7, 11) is 0. The number of carboxylic acids is 1. The molecular formula is C23H27Cl2N3O4. The van der Waals surface area contributed by atoms with E-state index < -0.39 is 17.9 Å². The molecule has 2 N–H and O–H groups in total. The van der Waals surface area contributed by atoms with E-state index in [4.69, 9.17) is 32.9 Å². The minimum Gasteiger partial charge on any atom is -0.480 e. The molecule has 172 valence electrons. The van der Waals surface area contributed by atoms with Gasteiger partial charge in [0.25, 0.3) is 5.91 Å². The highest BCUT2D eigenvalue weighted by molar-refractivity contribution is 6.39. The predicted molar refractivity (Wildman–Crippen MR) is 122 cm³/mol. The molecule has 1 aliphatic rings. The van der Waals surface area contributed by atoms with Gasteiger partial charge in [-0.1, -0.05) is 29.3 Å². The van der Waals surface area contributed by atoms with Crippen molar-refractivity contribution in [3.63, 3.8) is 0 Å². The maximum atomic E-state index is 12.4. The molecule has 7 nitrogen and oxygen atoms in total. The zero-order valence-corrected chi connectivity index (χ0v) is 19.3. The summed E-state index contributed by atoms with van der Waals surface area (Å²) in [6.45, 7) is 0.736. The fraction of sp³-hybridized carbons (Fsp3) is 0.478. The molecule has 0 aliphatic heterocycles. The van der Waals surface area contributed by atoms with E-state index in [0.29, 0.717) is 6.61 Å². The Hall–Kier alpha value is -2.22. The maximum absolute atomic E-state index is 12.4. The van der Waals surface area contributed by atoms with Crippen LogP contribution in [0.5, 0.6) is 0 Å². The van der Waals surface area contributed by atoms with Gasteiger partial charge in [0.05, 0.1) is 15.6 Å². The number of carbonyl (C=O) groups excluding carboxylic acids is 1. The molecule has 0 fully saturated rings. The number of fused-ring (bicyclic) bond motifs is 1. The first-order valence-electron chi connectivity index (χ1n) is 10.8. The lowest BCUT2D eigenvalue weighted by Gasteiger charge is -2.16. The van der Waals surface area contributed by atoms with Crippen molar-refractivity contribution in [2.45, 2.75) is 57.4 Å². The molecule has 0 saturated carbocycles. The van der Waals surface area contributed by atoms with Crippen LogP contribution in [0.2, 0.25) is 10.0 Å². The van der Waals surface area contributed by atoms with Gasteiger partial charge in [-0.25, -0.2) is 4.79 Å². The summed E-state index contributed by atoms with van der Waals surface area (Å²) in [6, 6.07) is 3.22. The molecule has 1 amide bonds. The molecule has 0 spiro atoms. The minimum absolute atomic E-state index is 0.00582. The first-order valence-corrected chi connectivity index (χ1v) is 11.6. The van der Waals surface area contributed by atoms with E-state index in [1.165, 1.54) is 36.5 Å². The topological polar surface area (TPSA) is 101 Å². The number of rotatable bonds is 11. The van der Waals surface area contributed by atoms with Crippen LogP contribution in [0, 0.1) is 0 Å². The van der Waals surface area contributed by atoms with Gasteiger partial charge < -0.3 is 15.2 Å². The van der Waals surface area contributed by atoms with Gasteiger partial charge in [0, 0.05) is 43.4 Å². The average Bonchev–Trinajstić information content (AvgIpc) is 2.77. The van der Waals surface area contributed by atoms with Gasteiger partial charge in [-0.3, -0.25) is 14.8 Å². The summed E-state index contributed by atoms with van der Waals surface area (Å²) in [4.78, 5) is 32.5. The number of amides is 1. The van der Waals surface area contributed by atoms with Gasteiger partial charge in [0.15, 0.2) is 0 Å². The Balaban J connectivity index is 1.36. The molecule has 2 heterocycles. The second-order valence-corrected chi connectivity index (χ2v) is 8.63. The smallest absolute Gasteiger partial charge is 0.326 e. The van der Waals surface area contributed by atoms with Crippen LogP contribution in [0.25, 0.3) is 0 Å². The van der Waals surface area contributed by atoms with Crippen LogP contribution in [-0.2, 0) is 28.8 Å². The number of aliphatic carboxylic acids is 1. The third-order valence-corrected chi connectivity index (χ3v) is 6.02. The first-order chi connectivity index (χ1) is 15.5. The molecule has 0 saturated heterocycles. The molecule has 2 aromatic heterocycles. The summed E-state index contributed by atoms with van der Waals surface area (Å²) in [6.07, 6.45) is 10.1. The number of hydrogen-bond donors (Lipinski definition) is 2. The minimum atomic E-state index is -1.15. The summed E-state index contributed by atoms with van der Waals surface area (Å²) in [5.74, 6) is -1.81. The number of unbranched alkanes of at least 4 members (excludes halogenated alkanes) is 1. The Kier molecular flexibility index (Phi) is 9.26. The van der Waals surface area contributed by atoms with Crippen LogP contribution in [-0.4, -0.2) is 46.2 Å². The van der Waals surface area contributed by atoms with E-state index in [2.05, 4.69) is 22.4 Å². The van der Waals surface area contributed by atoms with Crippen LogP contribution < -0.4 is 5.32 Å². The van der Waals surface area contributed by atoms with E-state index in [1.807, 2.05) is 0 Å². The van der Waals surface area contributed by atoms with E-state index in [9.17, 15) is 14.7 Å². The molecule has 3 rings (SSSR count). The van der Waals surface area contributed by atoms with Crippen molar-refractivity contribution in [3.05, 3.63) is 57.1 Å². The predicted octanol–water partition coefficient (Wildman–Crippen LogP) is 4.27. The molecule has 0 bridgehead atoms. The molecule has 32 heavy (non-hydrogen) atoms. The Bertz CT molecular complexity index is 935. The number of carbonyl (C=O) groups is 2. The van der Waals surface area contributed by atoms with Crippen molar-refractivity contribution in [2.75, 3.05) is 13.2 Å². The van der Waals surface area contributed by atoms with Gasteiger partial charge in [-0.15, -0.1) is 0 Å². The number of nitrogens with zero attached hydrogens (tertiary/aromatic N) is 2. The van der Waals surface area contributed by atoms with E-state index >= 15 is 0 Å². The van der Waals surface area contributed by atoms with Gasteiger partial charge >= 0.3 is 5.97 Å². The molecule has 0 aromatic carbocycles. The number of pyridine rings is 2. The summed E-state index contributed by atoms with van der Waals surface area (Å²) in [5.41, 5.74) is 3.76. The second-order valence-electron chi connectivity index (χ2n) is 7.82. The van der Waals surface area contributed by atoms with Gasteiger partial charge in [-0.2, -0.15) is 0 Å². The summed E-state index contributed by atoms with van der Waals surface area (Å²) < 4.78 is 5.58. The quantitative estimate of drug-likeness (QED) is 0.466. The Morgan fingerprint density at radius 2 is 1.84 bits per heavy atom. The summed E-state index contributed by atoms with van der Waals surface area (Å²) >= 11 is 11.9. The number of carboxylic acid groups (broad SMARTS) is 1. The SMILES string of the molecule is O=C(N[C@H](CCOCCCCc1ccc2c(n1)CCCC2)C(=O)O)c1c(Cl)cncc1Cl. The monoisotopic (exact) mass is 479 g/mol. The number of nitrogens with one attached hydrogen (secondary N) is 1. The summed E-state index contributed by atoms with van der Waals surface area (Å²) in [5, 5.41) is 12.0. The Morgan fingerprint density at radius 1 is 1.09 bits per heavy atom. The van der Waals surface area contributed by atoms with Crippen molar-refractivity contribution in [1.29, 1.82) is 0 Å². The van der Waals surface area contributed by atoms with E-state index in [0.717, 1.165) is 37.8 Å². The fourth-order valence-corrected chi connectivity index (χ4v) is 4.23. The van der Waals surface area contributed by atoms with Crippen LogP contribution >= 0.6 is 23.2 Å². The van der Waals surface area contributed by atoms with Crippen molar-refractivity contribution < 1.29 is 19.4 Å². The lowest BCUT2D eigenvalue weighted by Crippen LogP contribution is -2.41. The Morgan fingerprint density at radius 3 is 2.59 bits per heavy atom. The second kappa shape index (κ2) is 12.1. The van der Waals surface area contributed by atoms with Crippen molar-refractivity contribution >= 4 is 35.1 Å². The van der Waals surface area contributed by atoms with Crippen LogP contribution in [0.4, 0.5) is 0 Å². The highest BCUT2D eigenvalue weighted by atomic mass is 35.5.